The second-order valence-electron chi connectivity index (χ2n) is 25.9. The van der Waals surface area contributed by atoms with Crippen molar-refractivity contribution in [3.8, 4) is 0 Å². The Kier molecular flexibility index (Phi) is 61.7. The van der Waals surface area contributed by atoms with Gasteiger partial charge in [0.25, 0.3) is 7.82 Å². The lowest BCUT2D eigenvalue weighted by molar-refractivity contribution is -0.870. The van der Waals surface area contributed by atoms with Crippen LogP contribution in [0, 0.1) is 0 Å². The first-order valence-corrected chi connectivity index (χ1v) is 37.2. The van der Waals surface area contributed by atoms with E-state index in [0.29, 0.717) is 17.4 Å². The molecule has 9 heteroatoms. The number of hydrogen-bond donors (Lipinski definition) is 2. The summed E-state index contributed by atoms with van der Waals surface area (Å²) in [6, 6.07) is -0.902. The van der Waals surface area contributed by atoms with Crippen LogP contribution in [-0.2, 0) is 18.4 Å². The number of phosphoric ester groups is 1. The third kappa shape index (κ3) is 64.5. The minimum atomic E-state index is -4.61. The van der Waals surface area contributed by atoms with Crippen molar-refractivity contribution in [3.05, 3.63) is 24.3 Å². The number of aliphatic hydroxyl groups is 1. The van der Waals surface area contributed by atoms with Crippen molar-refractivity contribution < 1.29 is 32.9 Å². The average molecular weight is 1150 g/mol. The zero-order valence-corrected chi connectivity index (χ0v) is 55.5. The number of quaternary nitrogens is 1. The molecule has 0 aromatic rings. The van der Waals surface area contributed by atoms with Crippen molar-refractivity contribution in [2.45, 2.75) is 386 Å². The van der Waals surface area contributed by atoms with Gasteiger partial charge in [0, 0.05) is 6.42 Å². The second-order valence-corrected chi connectivity index (χ2v) is 27.4. The Morgan fingerprint density at radius 3 is 1.01 bits per heavy atom. The van der Waals surface area contributed by atoms with Crippen molar-refractivity contribution in [3.63, 3.8) is 0 Å². The van der Waals surface area contributed by atoms with E-state index in [-0.39, 0.29) is 19.1 Å². The lowest BCUT2D eigenvalue weighted by atomic mass is 10.0. The monoisotopic (exact) mass is 1150 g/mol. The van der Waals surface area contributed by atoms with Crippen LogP contribution in [0.15, 0.2) is 24.3 Å². The summed E-state index contributed by atoms with van der Waals surface area (Å²) in [6.45, 7) is 4.70. The van der Waals surface area contributed by atoms with Crippen LogP contribution >= 0.6 is 7.82 Å². The molecule has 0 saturated heterocycles. The van der Waals surface area contributed by atoms with Crippen LogP contribution in [-0.4, -0.2) is 68.5 Å². The van der Waals surface area contributed by atoms with Gasteiger partial charge in [-0.15, -0.1) is 0 Å². The molecule has 0 aromatic heterocycles. The van der Waals surface area contributed by atoms with Gasteiger partial charge in [0.1, 0.15) is 13.2 Å². The SMILES string of the molecule is CCCCCCCCCCCCCCCCCCCCCC/C=C/CC/C=C/C(O)C(COP(=O)([O-])OCC[N+](C)(C)C)NC(=O)CCCCCCCCCCCCCCCCCCCCCCCCCCCCCCCCCC. The molecule has 0 saturated carbocycles. The number of allylic oxidation sites excluding steroid dienone is 3. The number of aliphatic hydroxyl groups excluding tert-OH is 1. The molecule has 0 aliphatic rings. The highest BCUT2D eigenvalue weighted by atomic mass is 31.2. The molecule has 476 valence electrons. The van der Waals surface area contributed by atoms with Gasteiger partial charge in [0.15, 0.2) is 0 Å². The van der Waals surface area contributed by atoms with E-state index in [1.54, 1.807) is 6.08 Å². The third-order valence-corrected chi connectivity index (χ3v) is 17.6. The third-order valence-electron chi connectivity index (χ3n) is 16.7. The van der Waals surface area contributed by atoms with Crippen molar-refractivity contribution >= 4 is 13.7 Å². The maximum absolute atomic E-state index is 13.0. The molecule has 1 amide bonds. The highest BCUT2D eigenvalue weighted by Crippen LogP contribution is 2.38. The molecule has 0 bridgehead atoms. The average Bonchev–Trinajstić information content (AvgIpc) is 3.42. The Morgan fingerprint density at radius 2 is 0.700 bits per heavy atom. The summed E-state index contributed by atoms with van der Waals surface area (Å²) < 4.78 is 23.4. The molecule has 8 nitrogen and oxygen atoms in total. The maximum Gasteiger partial charge on any atom is 0.268 e. The molecule has 3 atom stereocenters. The zero-order valence-electron chi connectivity index (χ0n) is 54.6. The molecule has 0 fully saturated rings. The summed E-state index contributed by atoms with van der Waals surface area (Å²) >= 11 is 0. The van der Waals surface area contributed by atoms with E-state index in [4.69, 9.17) is 9.05 Å². The number of amides is 1. The smallest absolute Gasteiger partial charge is 0.268 e. The minimum absolute atomic E-state index is 0.00339. The number of unbranched alkanes of at least 4 members (excludes halogenated alkanes) is 52. The Balaban J connectivity index is 4.04. The van der Waals surface area contributed by atoms with Crippen molar-refractivity contribution in [1.29, 1.82) is 0 Å². The van der Waals surface area contributed by atoms with Crippen LogP contribution in [0.5, 0.6) is 0 Å². The molecular formula is C71H141N2O6P. The quantitative estimate of drug-likeness (QED) is 0.0272. The summed E-state index contributed by atoms with van der Waals surface area (Å²) in [6.07, 6.45) is 81.8. The van der Waals surface area contributed by atoms with Crippen molar-refractivity contribution in [1.82, 2.24) is 5.32 Å². The van der Waals surface area contributed by atoms with Gasteiger partial charge in [-0.1, -0.05) is 359 Å². The molecule has 3 unspecified atom stereocenters. The van der Waals surface area contributed by atoms with Crippen molar-refractivity contribution in [2.75, 3.05) is 40.9 Å². The maximum atomic E-state index is 13.0. The molecule has 2 N–H and O–H groups in total. The molecule has 0 rings (SSSR count). The van der Waals surface area contributed by atoms with Crippen LogP contribution in [0.1, 0.15) is 373 Å². The van der Waals surface area contributed by atoms with Gasteiger partial charge < -0.3 is 28.8 Å². The number of hydrogen-bond acceptors (Lipinski definition) is 6. The number of nitrogens with zero attached hydrogens (tertiary/aromatic N) is 1. The lowest BCUT2D eigenvalue weighted by Gasteiger charge is -2.29. The summed E-state index contributed by atoms with van der Waals surface area (Å²) in [5.74, 6) is -0.198. The number of carbonyl (C=O) groups excluding carboxylic acids is 1. The number of nitrogens with one attached hydrogen (secondary N) is 1. The van der Waals surface area contributed by atoms with Gasteiger partial charge >= 0.3 is 0 Å². The summed E-state index contributed by atoms with van der Waals surface area (Å²) in [5.41, 5.74) is 0. The van der Waals surface area contributed by atoms with Gasteiger partial charge in [-0.2, -0.15) is 0 Å². The molecule has 0 spiro atoms. The van der Waals surface area contributed by atoms with Crippen LogP contribution < -0.4 is 10.2 Å². The van der Waals surface area contributed by atoms with Gasteiger partial charge in [-0.05, 0) is 32.1 Å². The molecule has 0 heterocycles. The highest BCUT2D eigenvalue weighted by Gasteiger charge is 2.23. The van der Waals surface area contributed by atoms with E-state index in [1.165, 1.54) is 315 Å². The lowest BCUT2D eigenvalue weighted by Crippen LogP contribution is -2.45. The Morgan fingerprint density at radius 1 is 0.425 bits per heavy atom. The fourth-order valence-corrected chi connectivity index (χ4v) is 11.8. The minimum Gasteiger partial charge on any atom is -0.756 e. The fourth-order valence-electron chi connectivity index (χ4n) is 11.1. The zero-order chi connectivity index (χ0) is 58.4. The van der Waals surface area contributed by atoms with Gasteiger partial charge in [0.05, 0.1) is 39.9 Å². The van der Waals surface area contributed by atoms with Gasteiger partial charge in [-0.3, -0.25) is 9.36 Å². The normalized spacial score (nSPS) is 13.7. The fraction of sp³-hybridized carbons (Fsp3) is 0.930. The van der Waals surface area contributed by atoms with E-state index in [2.05, 4.69) is 31.3 Å². The Hall–Kier alpha value is -1.02. The molecule has 0 aliphatic carbocycles. The summed E-state index contributed by atoms with van der Waals surface area (Å²) in [4.78, 5) is 25.6. The number of phosphoric acid groups is 1. The standard InChI is InChI=1S/C71H141N2O6P/c1-6-8-10-12-14-16-18-20-22-24-26-28-30-32-34-35-36-37-38-39-41-43-45-47-49-51-53-55-57-59-61-63-65-71(75)72-69(68-79-80(76,77)78-67-66-73(3,4)5)70(74)64-62-60-58-56-54-52-50-48-46-44-42-40-33-31-29-27-25-23-21-19-17-15-13-11-9-7-2/h54,56,62,64,69-70,74H,6-53,55,57-61,63,65-68H2,1-5H3,(H-,72,75,76,77)/b56-54+,64-62+. The topological polar surface area (TPSA) is 108 Å². The first-order valence-electron chi connectivity index (χ1n) is 35.7. The largest absolute Gasteiger partial charge is 0.756 e. The van der Waals surface area contributed by atoms with E-state index in [1.807, 2.05) is 27.2 Å². The van der Waals surface area contributed by atoms with Crippen molar-refractivity contribution in [2.24, 2.45) is 0 Å². The van der Waals surface area contributed by atoms with E-state index in [9.17, 15) is 19.4 Å². The number of rotatable bonds is 67. The van der Waals surface area contributed by atoms with Crippen LogP contribution in [0.25, 0.3) is 0 Å². The van der Waals surface area contributed by atoms with Gasteiger partial charge in [-0.25, -0.2) is 0 Å². The Labute approximate surface area is 500 Å². The molecular weight excluding hydrogens is 1010 g/mol. The second kappa shape index (κ2) is 62.5. The number of likely N-dealkylation sites (N-methyl/N-ethyl adjacent to an activating group) is 1. The molecule has 0 aliphatic heterocycles. The van der Waals surface area contributed by atoms with E-state index >= 15 is 0 Å². The summed E-state index contributed by atoms with van der Waals surface area (Å²) in [5, 5.41) is 13.9. The first-order chi connectivity index (χ1) is 39.0. The molecule has 0 radical (unpaired) electrons. The van der Waals surface area contributed by atoms with Crippen LogP contribution in [0.2, 0.25) is 0 Å². The first kappa shape index (κ1) is 79.0. The van der Waals surface area contributed by atoms with Crippen LogP contribution in [0.3, 0.4) is 0 Å². The van der Waals surface area contributed by atoms with E-state index in [0.717, 1.165) is 38.5 Å². The molecule has 0 aromatic carbocycles. The highest BCUT2D eigenvalue weighted by molar-refractivity contribution is 7.45. The Bertz CT molecular complexity index is 1350. The molecule has 80 heavy (non-hydrogen) atoms. The number of carbonyl (C=O) groups is 1. The predicted octanol–water partition coefficient (Wildman–Crippen LogP) is 22.0. The van der Waals surface area contributed by atoms with Gasteiger partial charge in [0.2, 0.25) is 5.91 Å². The predicted molar refractivity (Wildman–Crippen MR) is 349 cm³/mol. The van der Waals surface area contributed by atoms with Crippen LogP contribution in [0.4, 0.5) is 0 Å². The van der Waals surface area contributed by atoms with E-state index < -0.39 is 20.0 Å². The summed E-state index contributed by atoms with van der Waals surface area (Å²) in [7, 11) is 1.26.